The van der Waals surface area contributed by atoms with E-state index < -0.39 is 0 Å². The molecule has 0 aliphatic heterocycles. The molecule has 2 N–H and O–H groups in total. The van der Waals surface area contributed by atoms with Crippen molar-refractivity contribution in [3.05, 3.63) is 59.1 Å². The maximum Gasteiger partial charge on any atom is 0.273 e. The average molecular weight is 290 g/mol. The zero-order valence-corrected chi connectivity index (χ0v) is 12.1. The maximum atomic E-state index is 12.5. The molecule has 2 rings (SSSR count). The first-order valence-corrected chi connectivity index (χ1v) is 6.50. The van der Waals surface area contributed by atoms with Crippen LogP contribution in [0.2, 0.25) is 5.02 Å². The number of nitrogens with two attached hydrogens (primary N) is 1. The summed E-state index contributed by atoms with van der Waals surface area (Å²) in [5.41, 5.74) is 7.51. The standard InChI is InChI=1S/C15H16ClN3O/c1-18(12-6-4-3-5-7-12)19(2)15(20)13-10-11(17)8-9-14(13)16/h3-10H,17H2,1-2H3. The minimum absolute atomic E-state index is 0.214. The normalized spacial score (nSPS) is 10.2. The Kier molecular flexibility index (Phi) is 4.15. The Balaban J connectivity index is 2.27. The van der Waals surface area contributed by atoms with Crippen molar-refractivity contribution in [2.75, 3.05) is 24.8 Å². The van der Waals surface area contributed by atoms with E-state index in [1.807, 2.05) is 37.4 Å². The predicted molar refractivity (Wildman–Crippen MR) is 82.8 cm³/mol. The van der Waals surface area contributed by atoms with Crippen molar-refractivity contribution < 1.29 is 4.79 Å². The van der Waals surface area contributed by atoms with E-state index in [1.54, 1.807) is 30.3 Å². The van der Waals surface area contributed by atoms with Crippen molar-refractivity contribution in [1.82, 2.24) is 5.01 Å². The van der Waals surface area contributed by atoms with E-state index in [2.05, 4.69) is 0 Å². The third-order valence-corrected chi connectivity index (χ3v) is 3.42. The molecule has 0 aliphatic rings. The minimum Gasteiger partial charge on any atom is -0.399 e. The Hall–Kier alpha value is -2.20. The highest BCUT2D eigenvalue weighted by Crippen LogP contribution is 2.22. The van der Waals surface area contributed by atoms with E-state index in [4.69, 9.17) is 17.3 Å². The first-order valence-electron chi connectivity index (χ1n) is 6.12. The number of carbonyl (C=O) groups is 1. The smallest absolute Gasteiger partial charge is 0.273 e. The molecule has 0 saturated heterocycles. The molecule has 4 nitrogen and oxygen atoms in total. The fourth-order valence-electron chi connectivity index (χ4n) is 1.83. The molecular formula is C15H16ClN3O. The summed E-state index contributed by atoms with van der Waals surface area (Å²) in [5.74, 6) is -0.214. The fourth-order valence-corrected chi connectivity index (χ4v) is 2.03. The molecule has 5 heteroatoms. The highest BCUT2D eigenvalue weighted by molar-refractivity contribution is 6.34. The van der Waals surface area contributed by atoms with E-state index in [9.17, 15) is 4.79 Å². The van der Waals surface area contributed by atoms with Crippen LogP contribution in [0.3, 0.4) is 0 Å². The van der Waals surface area contributed by atoms with Gasteiger partial charge in [-0.2, -0.15) is 0 Å². The largest absolute Gasteiger partial charge is 0.399 e. The summed E-state index contributed by atoms with van der Waals surface area (Å²) < 4.78 is 0. The van der Waals surface area contributed by atoms with Crippen LogP contribution < -0.4 is 10.7 Å². The number of hydrogen-bond acceptors (Lipinski definition) is 3. The van der Waals surface area contributed by atoms with Gasteiger partial charge in [0.05, 0.1) is 16.3 Å². The summed E-state index contributed by atoms with van der Waals surface area (Å²) in [6.07, 6.45) is 0. The van der Waals surface area contributed by atoms with Gasteiger partial charge in [0.2, 0.25) is 0 Å². The number of halogens is 1. The van der Waals surface area contributed by atoms with Crippen molar-refractivity contribution in [2.45, 2.75) is 0 Å². The van der Waals surface area contributed by atoms with Gasteiger partial charge in [-0.25, -0.2) is 0 Å². The third kappa shape index (κ3) is 2.86. The molecule has 0 saturated carbocycles. The Labute approximate surface area is 123 Å². The van der Waals surface area contributed by atoms with Gasteiger partial charge in [0.15, 0.2) is 0 Å². The van der Waals surface area contributed by atoms with Gasteiger partial charge in [-0.1, -0.05) is 29.8 Å². The molecule has 20 heavy (non-hydrogen) atoms. The number of para-hydroxylation sites is 1. The van der Waals surface area contributed by atoms with E-state index in [1.165, 1.54) is 5.01 Å². The number of hydrazine groups is 1. The summed E-state index contributed by atoms with van der Waals surface area (Å²) in [4.78, 5) is 12.5. The van der Waals surface area contributed by atoms with Crippen LogP contribution in [0.4, 0.5) is 11.4 Å². The highest BCUT2D eigenvalue weighted by atomic mass is 35.5. The molecule has 2 aromatic carbocycles. The van der Waals surface area contributed by atoms with Crippen LogP contribution in [0.5, 0.6) is 0 Å². The van der Waals surface area contributed by atoms with Crippen molar-refractivity contribution in [1.29, 1.82) is 0 Å². The third-order valence-electron chi connectivity index (χ3n) is 3.09. The molecule has 0 atom stereocenters. The monoisotopic (exact) mass is 289 g/mol. The first-order chi connectivity index (χ1) is 9.50. The number of nitrogen functional groups attached to an aromatic ring is 1. The van der Waals surface area contributed by atoms with Crippen LogP contribution in [-0.2, 0) is 0 Å². The van der Waals surface area contributed by atoms with Gasteiger partial charge in [-0.05, 0) is 30.3 Å². The lowest BCUT2D eigenvalue weighted by molar-refractivity contribution is 0.0787. The molecule has 104 valence electrons. The van der Waals surface area contributed by atoms with E-state index >= 15 is 0 Å². The van der Waals surface area contributed by atoms with Crippen molar-refractivity contribution in [2.24, 2.45) is 0 Å². The molecule has 1 amide bonds. The fraction of sp³-hybridized carbons (Fsp3) is 0.133. The Bertz CT molecular complexity index is 616. The molecule has 0 heterocycles. The number of carbonyl (C=O) groups excluding carboxylic acids is 1. The second kappa shape index (κ2) is 5.84. The van der Waals surface area contributed by atoms with Gasteiger partial charge in [0, 0.05) is 19.8 Å². The van der Waals surface area contributed by atoms with Crippen LogP contribution in [-0.4, -0.2) is 25.0 Å². The zero-order chi connectivity index (χ0) is 14.7. The molecule has 2 aromatic rings. The first kappa shape index (κ1) is 14.2. The second-order valence-corrected chi connectivity index (χ2v) is 4.83. The summed E-state index contributed by atoms with van der Waals surface area (Å²) in [6, 6.07) is 14.5. The number of benzene rings is 2. The van der Waals surface area contributed by atoms with E-state index in [-0.39, 0.29) is 5.91 Å². The second-order valence-electron chi connectivity index (χ2n) is 4.43. The molecule has 0 unspecified atom stereocenters. The lowest BCUT2D eigenvalue weighted by Crippen LogP contribution is -2.41. The minimum atomic E-state index is -0.214. The summed E-state index contributed by atoms with van der Waals surface area (Å²) in [6.45, 7) is 0. The van der Waals surface area contributed by atoms with Gasteiger partial charge >= 0.3 is 0 Å². The van der Waals surface area contributed by atoms with Gasteiger partial charge in [-0.3, -0.25) is 14.8 Å². The van der Waals surface area contributed by atoms with Gasteiger partial charge in [0.25, 0.3) is 5.91 Å². The van der Waals surface area contributed by atoms with Crippen LogP contribution in [0.15, 0.2) is 48.5 Å². The zero-order valence-electron chi connectivity index (χ0n) is 11.4. The van der Waals surface area contributed by atoms with Crippen LogP contribution in [0, 0.1) is 0 Å². The number of amides is 1. The van der Waals surface area contributed by atoms with Gasteiger partial charge in [0.1, 0.15) is 0 Å². The van der Waals surface area contributed by atoms with Crippen molar-refractivity contribution >= 4 is 28.9 Å². The summed E-state index contributed by atoms with van der Waals surface area (Å²) in [7, 11) is 3.50. The lowest BCUT2D eigenvalue weighted by Gasteiger charge is -2.30. The summed E-state index contributed by atoms with van der Waals surface area (Å²) >= 11 is 6.06. The Morgan fingerprint density at radius 3 is 2.40 bits per heavy atom. The molecule has 0 spiro atoms. The molecule has 0 aromatic heterocycles. The number of hydrogen-bond donors (Lipinski definition) is 1. The number of anilines is 2. The number of rotatable bonds is 3. The van der Waals surface area contributed by atoms with Gasteiger partial charge in [-0.15, -0.1) is 0 Å². The Morgan fingerprint density at radius 2 is 1.75 bits per heavy atom. The number of nitrogens with zero attached hydrogens (tertiary/aromatic N) is 2. The van der Waals surface area contributed by atoms with Crippen LogP contribution in [0.25, 0.3) is 0 Å². The van der Waals surface area contributed by atoms with Crippen molar-refractivity contribution in [3.8, 4) is 0 Å². The molecule has 0 bridgehead atoms. The predicted octanol–water partition coefficient (Wildman–Crippen LogP) is 3.05. The average Bonchev–Trinajstić information content (AvgIpc) is 2.48. The van der Waals surface area contributed by atoms with Crippen molar-refractivity contribution in [3.63, 3.8) is 0 Å². The molecule has 0 radical (unpaired) electrons. The topological polar surface area (TPSA) is 49.6 Å². The van der Waals surface area contributed by atoms with Crippen LogP contribution >= 0.6 is 11.6 Å². The molecular weight excluding hydrogens is 274 g/mol. The quantitative estimate of drug-likeness (QED) is 0.698. The molecule has 0 fully saturated rings. The van der Waals surface area contributed by atoms with Crippen LogP contribution in [0.1, 0.15) is 10.4 Å². The van der Waals surface area contributed by atoms with Gasteiger partial charge < -0.3 is 5.73 Å². The maximum absolute atomic E-state index is 12.5. The van der Waals surface area contributed by atoms with E-state index in [0.717, 1.165) is 5.69 Å². The highest BCUT2D eigenvalue weighted by Gasteiger charge is 2.19. The lowest BCUT2D eigenvalue weighted by atomic mass is 10.2. The molecule has 0 aliphatic carbocycles. The Morgan fingerprint density at radius 1 is 1.10 bits per heavy atom. The SMILES string of the molecule is CN(C(=O)c1cc(N)ccc1Cl)N(C)c1ccccc1. The van der Waals surface area contributed by atoms with E-state index in [0.29, 0.717) is 16.3 Å². The summed E-state index contributed by atoms with van der Waals surface area (Å²) in [5, 5.41) is 3.63.